The van der Waals surface area contributed by atoms with E-state index < -0.39 is 0 Å². The lowest BCUT2D eigenvalue weighted by atomic mass is 10.2. The first-order valence-electron chi connectivity index (χ1n) is 4.89. The molecule has 0 aliphatic carbocycles. The van der Waals surface area contributed by atoms with Crippen molar-refractivity contribution < 1.29 is 5.11 Å². The Labute approximate surface area is 78.4 Å². The molecular weight excluding hydrogens is 164 g/mol. The number of β-amino-alcohol motifs (C(OH)–C–C–N with tert-alkyl or cyclic N) is 1. The van der Waals surface area contributed by atoms with Gasteiger partial charge < -0.3 is 15.0 Å². The van der Waals surface area contributed by atoms with E-state index in [4.69, 9.17) is 0 Å². The van der Waals surface area contributed by atoms with Crippen LogP contribution in [0.5, 0.6) is 0 Å². The van der Waals surface area contributed by atoms with Crippen molar-refractivity contribution in [2.24, 2.45) is 0 Å². The zero-order valence-corrected chi connectivity index (χ0v) is 7.74. The standard InChI is InChI=1S/C10H16N2O/c13-10(9-3-4-11-7-9)8-12-5-1-2-6-12/h3-4,7,10-11,13H,1-2,5-6,8H2. The number of aliphatic hydroxyl groups is 1. The van der Waals surface area contributed by atoms with Gasteiger partial charge in [0.05, 0.1) is 6.10 Å². The van der Waals surface area contributed by atoms with Crippen molar-refractivity contribution in [3.8, 4) is 0 Å². The van der Waals surface area contributed by atoms with Crippen molar-refractivity contribution in [2.45, 2.75) is 18.9 Å². The number of aromatic nitrogens is 1. The molecule has 1 saturated heterocycles. The van der Waals surface area contributed by atoms with Crippen LogP contribution in [0.15, 0.2) is 18.5 Å². The summed E-state index contributed by atoms with van der Waals surface area (Å²) < 4.78 is 0. The zero-order chi connectivity index (χ0) is 9.10. The Bertz CT molecular complexity index is 239. The molecule has 0 aromatic carbocycles. The van der Waals surface area contributed by atoms with E-state index >= 15 is 0 Å². The molecule has 72 valence electrons. The average Bonchev–Trinajstić information content (AvgIpc) is 2.74. The van der Waals surface area contributed by atoms with Gasteiger partial charge in [-0.15, -0.1) is 0 Å². The van der Waals surface area contributed by atoms with E-state index in [2.05, 4.69) is 9.88 Å². The number of hydrogen-bond acceptors (Lipinski definition) is 2. The van der Waals surface area contributed by atoms with Crippen molar-refractivity contribution in [3.05, 3.63) is 24.0 Å². The van der Waals surface area contributed by atoms with Crippen molar-refractivity contribution in [1.82, 2.24) is 9.88 Å². The van der Waals surface area contributed by atoms with Crippen LogP contribution in [0.25, 0.3) is 0 Å². The van der Waals surface area contributed by atoms with E-state index in [1.165, 1.54) is 12.8 Å². The van der Waals surface area contributed by atoms with Gasteiger partial charge in [-0.1, -0.05) is 0 Å². The lowest BCUT2D eigenvalue weighted by molar-refractivity contribution is 0.126. The van der Waals surface area contributed by atoms with E-state index in [0.29, 0.717) is 0 Å². The van der Waals surface area contributed by atoms with Gasteiger partial charge in [-0.2, -0.15) is 0 Å². The molecule has 1 unspecified atom stereocenters. The summed E-state index contributed by atoms with van der Waals surface area (Å²) in [5.41, 5.74) is 0.993. The van der Waals surface area contributed by atoms with E-state index in [0.717, 1.165) is 25.2 Å². The molecule has 1 aliphatic heterocycles. The van der Waals surface area contributed by atoms with Gasteiger partial charge in [0, 0.05) is 18.9 Å². The fourth-order valence-electron chi connectivity index (χ4n) is 1.86. The smallest absolute Gasteiger partial charge is 0.0931 e. The van der Waals surface area contributed by atoms with Gasteiger partial charge in [0.25, 0.3) is 0 Å². The summed E-state index contributed by atoms with van der Waals surface area (Å²) in [5, 5.41) is 9.81. The van der Waals surface area contributed by atoms with Gasteiger partial charge in [0.15, 0.2) is 0 Å². The molecule has 1 aromatic heterocycles. The summed E-state index contributed by atoms with van der Waals surface area (Å²) in [6.45, 7) is 3.06. The molecule has 0 bridgehead atoms. The maximum atomic E-state index is 9.81. The molecule has 0 amide bonds. The van der Waals surface area contributed by atoms with Crippen LogP contribution in [-0.4, -0.2) is 34.6 Å². The summed E-state index contributed by atoms with van der Waals surface area (Å²) in [4.78, 5) is 5.27. The number of nitrogens with zero attached hydrogens (tertiary/aromatic N) is 1. The molecule has 1 atom stereocenters. The van der Waals surface area contributed by atoms with Crippen LogP contribution < -0.4 is 0 Å². The Morgan fingerprint density at radius 3 is 2.85 bits per heavy atom. The maximum absolute atomic E-state index is 9.81. The van der Waals surface area contributed by atoms with Crippen molar-refractivity contribution in [2.75, 3.05) is 19.6 Å². The molecule has 3 nitrogen and oxygen atoms in total. The van der Waals surface area contributed by atoms with Gasteiger partial charge >= 0.3 is 0 Å². The molecule has 1 fully saturated rings. The van der Waals surface area contributed by atoms with Crippen LogP contribution in [0, 0.1) is 0 Å². The van der Waals surface area contributed by atoms with Gasteiger partial charge in [0.1, 0.15) is 0 Å². The van der Waals surface area contributed by atoms with Gasteiger partial charge in [-0.25, -0.2) is 0 Å². The van der Waals surface area contributed by atoms with Crippen molar-refractivity contribution in [3.63, 3.8) is 0 Å². The van der Waals surface area contributed by atoms with Gasteiger partial charge in [-0.05, 0) is 37.6 Å². The fourth-order valence-corrected chi connectivity index (χ4v) is 1.86. The van der Waals surface area contributed by atoms with E-state index in [-0.39, 0.29) is 6.10 Å². The monoisotopic (exact) mass is 180 g/mol. The minimum absolute atomic E-state index is 0.329. The molecule has 1 aromatic rings. The predicted octanol–water partition coefficient (Wildman–Crippen LogP) is 1.14. The topological polar surface area (TPSA) is 39.3 Å². The van der Waals surface area contributed by atoms with Crippen LogP contribution in [-0.2, 0) is 0 Å². The Morgan fingerprint density at radius 2 is 2.23 bits per heavy atom. The van der Waals surface area contributed by atoms with E-state index in [9.17, 15) is 5.11 Å². The highest BCUT2D eigenvalue weighted by atomic mass is 16.3. The van der Waals surface area contributed by atoms with E-state index in [1.54, 1.807) is 0 Å². The van der Waals surface area contributed by atoms with Gasteiger partial charge in [0.2, 0.25) is 0 Å². The molecule has 0 spiro atoms. The second kappa shape index (κ2) is 3.94. The molecule has 2 rings (SSSR count). The number of rotatable bonds is 3. The Kier molecular flexibility index (Phi) is 2.66. The van der Waals surface area contributed by atoms with Crippen LogP contribution in [0.1, 0.15) is 24.5 Å². The molecular formula is C10H16N2O. The zero-order valence-electron chi connectivity index (χ0n) is 7.74. The summed E-state index contributed by atoms with van der Waals surface area (Å²) in [5.74, 6) is 0. The van der Waals surface area contributed by atoms with Crippen LogP contribution in [0.3, 0.4) is 0 Å². The molecule has 3 heteroatoms. The maximum Gasteiger partial charge on any atom is 0.0931 e. The summed E-state index contributed by atoms with van der Waals surface area (Å²) in [7, 11) is 0. The normalized spacial score (nSPS) is 20.7. The summed E-state index contributed by atoms with van der Waals surface area (Å²) in [6, 6.07) is 1.93. The summed E-state index contributed by atoms with van der Waals surface area (Å²) in [6.07, 6.45) is 5.94. The SMILES string of the molecule is OC(CN1CCCC1)c1cc[nH]c1. The van der Waals surface area contributed by atoms with Crippen molar-refractivity contribution in [1.29, 1.82) is 0 Å². The predicted molar refractivity (Wildman–Crippen MR) is 51.4 cm³/mol. The first kappa shape index (κ1) is 8.78. The first-order valence-corrected chi connectivity index (χ1v) is 4.89. The molecule has 2 heterocycles. The number of nitrogens with one attached hydrogen (secondary N) is 1. The molecule has 0 saturated carbocycles. The lowest BCUT2D eigenvalue weighted by Gasteiger charge is -2.18. The number of aromatic amines is 1. The highest BCUT2D eigenvalue weighted by molar-refractivity contribution is 5.12. The molecule has 1 aliphatic rings. The van der Waals surface area contributed by atoms with Crippen molar-refractivity contribution >= 4 is 0 Å². The Hall–Kier alpha value is -0.800. The highest BCUT2D eigenvalue weighted by Crippen LogP contribution is 2.16. The number of H-pyrrole nitrogens is 1. The number of aliphatic hydroxyl groups excluding tert-OH is 1. The van der Waals surface area contributed by atoms with Gasteiger partial charge in [-0.3, -0.25) is 0 Å². The lowest BCUT2D eigenvalue weighted by Crippen LogP contribution is -2.25. The summed E-state index contributed by atoms with van der Waals surface area (Å²) >= 11 is 0. The first-order chi connectivity index (χ1) is 6.36. The molecule has 0 radical (unpaired) electrons. The second-order valence-electron chi connectivity index (χ2n) is 3.67. The number of hydrogen-bond donors (Lipinski definition) is 2. The Balaban J connectivity index is 1.87. The quantitative estimate of drug-likeness (QED) is 0.732. The van der Waals surface area contributed by atoms with Crippen LogP contribution in [0.2, 0.25) is 0 Å². The van der Waals surface area contributed by atoms with Crippen LogP contribution in [0.4, 0.5) is 0 Å². The fraction of sp³-hybridized carbons (Fsp3) is 0.600. The van der Waals surface area contributed by atoms with Crippen LogP contribution >= 0.6 is 0 Å². The molecule has 2 N–H and O–H groups in total. The largest absolute Gasteiger partial charge is 0.387 e. The minimum atomic E-state index is -0.329. The third kappa shape index (κ3) is 2.11. The average molecular weight is 180 g/mol. The molecule has 13 heavy (non-hydrogen) atoms. The third-order valence-corrected chi connectivity index (χ3v) is 2.64. The van der Waals surface area contributed by atoms with E-state index in [1.807, 2.05) is 18.5 Å². The second-order valence-corrected chi connectivity index (χ2v) is 3.67. The highest BCUT2D eigenvalue weighted by Gasteiger charge is 2.16. The Morgan fingerprint density at radius 1 is 1.46 bits per heavy atom. The number of likely N-dealkylation sites (tertiary alicyclic amines) is 1. The third-order valence-electron chi connectivity index (χ3n) is 2.64. The minimum Gasteiger partial charge on any atom is -0.387 e.